The van der Waals surface area contributed by atoms with Gasteiger partial charge in [0.25, 0.3) is 11.5 Å². The van der Waals surface area contributed by atoms with Crippen LogP contribution in [0.4, 0.5) is 4.39 Å². The first kappa shape index (κ1) is 15.9. The molecule has 23 heavy (non-hydrogen) atoms. The maximum atomic E-state index is 13.4. The number of nitrogens with one attached hydrogen (secondary N) is 1. The Labute approximate surface area is 141 Å². The molecule has 1 amide bonds. The van der Waals surface area contributed by atoms with Gasteiger partial charge in [-0.2, -0.15) is 0 Å². The Kier molecular flexibility index (Phi) is 4.10. The maximum absolute atomic E-state index is 13.4. The standard InChI is InChI=1S/C17H16BrFN2O2/c1-9-5-11-6-13(19)3-4-14(11)10(2)21(9)17(23)12-7-15(18)16(22)20-8-12/h3-4,6-10H,5H2,1-2H3,(H,20,22)/t9-,10-/m0/s1. The molecule has 0 aliphatic carbocycles. The molecule has 0 bridgehead atoms. The van der Waals surface area contributed by atoms with Crippen molar-refractivity contribution in [1.82, 2.24) is 9.88 Å². The summed E-state index contributed by atoms with van der Waals surface area (Å²) < 4.78 is 13.8. The second kappa shape index (κ2) is 5.92. The van der Waals surface area contributed by atoms with Crippen LogP contribution in [0.5, 0.6) is 0 Å². The molecular weight excluding hydrogens is 363 g/mol. The fourth-order valence-corrected chi connectivity index (χ4v) is 3.57. The molecule has 1 aliphatic rings. The number of carbonyl (C=O) groups is 1. The summed E-state index contributed by atoms with van der Waals surface area (Å²) in [4.78, 5) is 28.6. The zero-order valence-electron chi connectivity index (χ0n) is 12.8. The smallest absolute Gasteiger partial charge is 0.262 e. The first-order valence-corrected chi connectivity index (χ1v) is 8.17. The van der Waals surface area contributed by atoms with Crippen LogP contribution in [0, 0.1) is 5.82 Å². The Morgan fingerprint density at radius 2 is 2.09 bits per heavy atom. The summed E-state index contributed by atoms with van der Waals surface area (Å²) in [6.07, 6.45) is 2.03. The van der Waals surface area contributed by atoms with E-state index in [9.17, 15) is 14.0 Å². The molecule has 0 saturated heterocycles. The lowest BCUT2D eigenvalue weighted by Gasteiger charge is -2.40. The van der Waals surface area contributed by atoms with Gasteiger partial charge in [-0.3, -0.25) is 9.59 Å². The molecule has 1 aromatic heterocycles. The van der Waals surface area contributed by atoms with Crippen molar-refractivity contribution < 1.29 is 9.18 Å². The number of hydrogen-bond donors (Lipinski definition) is 1. The lowest BCUT2D eigenvalue weighted by atomic mass is 9.89. The Morgan fingerprint density at radius 3 is 2.78 bits per heavy atom. The largest absolute Gasteiger partial charge is 0.329 e. The van der Waals surface area contributed by atoms with Crippen molar-refractivity contribution in [1.29, 1.82) is 0 Å². The number of pyridine rings is 1. The van der Waals surface area contributed by atoms with Crippen LogP contribution in [0.3, 0.4) is 0 Å². The van der Waals surface area contributed by atoms with Crippen molar-refractivity contribution in [3.63, 3.8) is 0 Å². The molecule has 6 heteroatoms. The molecule has 4 nitrogen and oxygen atoms in total. The Morgan fingerprint density at radius 1 is 1.35 bits per heavy atom. The van der Waals surface area contributed by atoms with Crippen LogP contribution in [0.1, 0.15) is 41.4 Å². The minimum absolute atomic E-state index is 0.0579. The highest BCUT2D eigenvalue weighted by Gasteiger charge is 2.33. The fourth-order valence-electron chi connectivity index (χ4n) is 3.21. The van der Waals surface area contributed by atoms with E-state index in [2.05, 4.69) is 20.9 Å². The normalized spacial score (nSPS) is 20.3. The number of aromatic nitrogens is 1. The molecule has 2 heterocycles. The van der Waals surface area contributed by atoms with E-state index in [0.29, 0.717) is 16.5 Å². The highest BCUT2D eigenvalue weighted by Crippen LogP contribution is 2.34. The van der Waals surface area contributed by atoms with Gasteiger partial charge in [-0.15, -0.1) is 0 Å². The number of carbonyl (C=O) groups excluding carboxylic acids is 1. The van der Waals surface area contributed by atoms with Gasteiger partial charge in [0.15, 0.2) is 0 Å². The van der Waals surface area contributed by atoms with Crippen molar-refractivity contribution >= 4 is 21.8 Å². The minimum atomic E-state index is -0.276. The molecule has 3 rings (SSSR count). The van der Waals surface area contributed by atoms with E-state index < -0.39 is 0 Å². The number of rotatable bonds is 1. The van der Waals surface area contributed by atoms with Gasteiger partial charge in [-0.05, 0) is 65.5 Å². The Hall–Kier alpha value is -1.95. The summed E-state index contributed by atoms with van der Waals surface area (Å²) >= 11 is 3.15. The number of hydrogen-bond acceptors (Lipinski definition) is 2. The predicted molar refractivity (Wildman–Crippen MR) is 88.9 cm³/mol. The van der Waals surface area contributed by atoms with Gasteiger partial charge in [-0.1, -0.05) is 6.07 Å². The molecule has 0 fully saturated rings. The lowest BCUT2D eigenvalue weighted by Crippen LogP contribution is -2.45. The lowest BCUT2D eigenvalue weighted by molar-refractivity contribution is 0.0580. The monoisotopic (exact) mass is 378 g/mol. The van der Waals surface area contributed by atoms with Crippen molar-refractivity contribution in [3.8, 4) is 0 Å². The maximum Gasteiger partial charge on any atom is 0.262 e. The summed E-state index contributed by atoms with van der Waals surface area (Å²) in [5.74, 6) is -0.413. The average Bonchev–Trinajstić information content (AvgIpc) is 2.49. The molecule has 1 N–H and O–H groups in total. The van der Waals surface area contributed by atoms with E-state index in [-0.39, 0.29) is 29.4 Å². The van der Waals surface area contributed by atoms with Crippen LogP contribution in [0.2, 0.25) is 0 Å². The number of H-pyrrole nitrogens is 1. The van der Waals surface area contributed by atoms with Crippen molar-refractivity contribution in [3.05, 3.63) is 67.8 Å². The summed E-state index contributed by atoms with van der Waals surface area (Å²) in [5, 5.41) is 0. The number of fused-ring (bicyclic) bond motifs is 1. The number of aromatic amines is 1. The van der Waals surface area contributed by atoms with Gasteiger partial charge in [0.1, 0.15) is 5.82 Å². The van der Waals surface area contributed by atoms with Crippen LogP contribution in [-0.4, -0.2) is 21.8 Å². The number of halogens is 2. The minimum Gasteiger partial charge on any atom is -0.329 e. The summed E-state index contributed by atoms with van der Waals surface area (Å²) in [6, 6.07) is 6.01. The van der Waals surface area contributed by atoms with Crippen molar-refractivity contribution in [2.24, 2.45) is 0 Å². The summed E-state index contributed by atoms with van der Waals surface area (Å²) in [6.45, 7) is 3.88. The van der Waals surface area contributed by atoms with Gasteiger partial charge in [0, 0.05) is 12.2 Å². The van der Waals surface area contributed by atoms with Crippen LogP contribution in [0.15, 0.2) is 39.7 Å². The third-order valence-corrected chi connectivity index (χ3v) is 4.89. The SMILES string of the molecule is C[C@H]1Cc2cc(F)ccc2[C@H](C)N1C(=O)c1c[nH]c(=O)c(Br)c1. The zero-order chi connectivity index (χ0) is 16.7. The third kappa shape index (κ3) is 2.83. The molecule has 0 unspecified atom stereocenters. The van der Waals surface area contributed by atoms with Crippen molar-refractivity contribution in [2.75, 3.05) is 0 Å². The molecule has 0 radical (unpaired) electrons. The molecule has 0 saturated carbocycles. The predicted octanol–water partition coefficient (Wildman–Crippen LogP) is 3.42. The van der Waals surface area contributed by atoms with Crippen LogP contribution >= 0.6 is 15.9 Å². The second-order valence-corrected chi connectivity index (χ2v) is 6.70. The molecular formula is C17H16BrFN2O2. The topological polar surface area (TPSA) is 53.2 Å². The summed E-state index contributed by atoms with van der Waals surface area (Å²) in [7, 11) is 0. The average molecular weight is 379 g/mol. The van der Waals surface area contributed by atoms with Gasteiger partial charge >= 0.3 is 0 Å². The quantitative estimate of drug-likeness (QED) is 0.826. The molecule has 120 valence electrons. The van der Waals surface area contributed by atoms with Crippen molar-refractivity contribution in [2.45, 2.75) is 32.4 Å². The van der Waals surface area contributed by atoms with Gasteiger partial charge in [0.05, 0.1) is 16.1 Å². The summed E-state index contributed by atoms with van der Waals surface area (Å²) in [5.41, 5.74) is 2.04. The van der Waals surface area contributed by atoms with E-state index in [1.165, 1.54) is 18.3 Å². The third-order valence-electron chi connectivity index (χ3n) is 4.30. The number of nitrogens with zero attached hydrogens (tertiary/aromatic N) is 1. The van der Waals surface area contributed by atoms with Gasteiger partial charge < -0.3 is 9.88 Å². The zero-order valence-corrected chi connectivity index (χ0v) is 14.4. The molecule has 2 atom stereocenters. The fraction of sp³-hybridized carbons (Fsp3) is 0.294. The second-order valence-electron chi connectivity index (χ2n) is 5.85. The molecule has 1 aliphatic heterocycles. The first-order valence-electron chi connectivity index (χ1n) is 7.37. The highest BCUT2D eigenvalue weighted by atomic mass is 79.9. The molecule has 1 aromatic carbocycles. The van der Waals surface area contributed by atoms with E-state index in [1.54, 1.807) is 17.0 Å². The van der Waals surface area contributed by atoms with Crippen LogP contribution < -0.4 is 5.56 Å². The highest BCUT2D eigenvalue weighted by molar-refractivity contribution is 9.10. The van der Waals surface area contributed by atoms with Gasteiger partial charge in [0.2, 0.25) is 0 Å². The van der Waals surface area contributed by atoms with E-state index in [0.717, 1.165) is 11.1 Å². The molecule has 0 spiro atoms. The number of benzene rings is 1. The van der Waals surface area contributed by atoms with E-state index in [1.807, 2.05) is 13.8 Å². The molecule has 2 aromatic rings. The van der Waals surface area contributed by atoms with Crippen LogP contribution in [-0.2, 0) is 6.42 Å². The van der Waals surface area contributed by atoms with Gasteiger partial charge in [-0.25, -0.2) is 4.39 Å². The van der Waals surface area contributed by atoms with E-state index >= 15 is 0 Å². The van der Waals surface area contributed by atoms with Crippen LogP contribution in [0.25, 0.3) is 0 Å². The Bertz CT molecular complexity index is 834. The number of amides is 1. The first-order chi connectivity index (χ1) is 10.9. The van der Waals surface area contributed by atoms with E-state index in [4.69, 9.17) is 0 Å². The Balaban J connectivity index is 1.99.